The average Bonchev–Trinajstić information content (AvgIpc) is 3.09. The molecule has 0 spiro atoms. The highest BCUT2D eigenvalue weighted by molar-refractivity contribution is 5.98. The fourth-order valence-electron chi connectivity index (χ4n) is 5.96. The first-order valence-corrected chi connectivity index (χ1v) is 17.4. The van der Waals surface area contributed by atoms with Gasteiger partial charge in [0, 0.05) is 25.1 Å². The molecule has 2 atom stereocenters. The van der Waals surface area contributed by atoms with Gasteiger partial charge >= 0.3 is 12.0 Å². The predicted octanol–water partition coefficient (Wildman–Crippen LogP) is 5.50. The van der Waals surface area contributed by atoms with Crippen LogP contribution in [0.2, 0.25) is 0 Å². The number of aliphatic hydroxyl groups is 1. The van der Waals surface area contributed by atoms with Crippen molar-refractivity contribution in [3.63, 3.8) is 0 Å². The Balaban J connectivity index is 2.00. The second-order valence-electron chi connectivity index (χ2n) is 15.0. The van der Waals surface area contributed by atoms with Gasteiger partial charge in [0.2, 0.25) is 52.6 Å². The molecule has 0 saturated heterocycles. The van der Waals surface area contributed by atoms with Crippen LogP contribution in [0.25, 0.3) is 0 Å². The van der Waals surface area contributed by atoms with Crippen LogP contribution < -0.4 is 31.7 Å². The molecule has 2 aromatic rings. The normalized spacial score (nSPS) is 12.8. The Morgan fingerprint density at radius 3 is 1.85 bits per heavy atom. The van der Waals surface area contributed by atoms with Crippen molar-refractivity contribution in [1.82, 2.24) is 16.0 Å². The first-order valence-electron chi connectivity index (χ1n) is 17.4. The third-order valence-electron chi connectivity index (χ3n) is 8.65. The van der Waals surface area contributed by atoms with Gasteiger partial charge in [0.1, 0.15) is 12.1 Å². The number of hydrogen-bond donors (Lipinski definition) is 6. The van der Waals surface area contributed by atoms with Crippen LogP contribution >= 0.6 is 0 Å². The third-order valence-corrected chi connectivity index (χ3v) is 8.65. The lowest BCUT2D eigenvalue weighted by Gasteiger charge is -2.35. The maximum atomic E-state index is 13.9. The minimum atomic E-state index is -2.37. The number of nitrogens with two attached hydrogens (primary N) is 1. The number of hydrogen-bond acceptors (Lipinski definition) is 7. The van der Waals surface area contributed by atoms with Gasteiger partial charge in [-0.15, -0.1) is 0 Å². The van der Waals surface area contributed by atoms with Gasteiger partial charge in [-0.25, -0.2) is 18.0 Å². The van der Waals surface area contributed by atoms with Crippen LogP contribution in [0.4, 0.5) is 32.4 Å². The van der Waals surface area contributed by atoms with Gasteiger partial charge in [-0.05, 0) is 66.5 Å². The van der Waals surface area contributed by atoms with E-state index in [1.54, 1.807) is 52.0 Å². The van der Waals surface area contributed by atoms with E-state index >= 15 is 0 Å². The number of rotatable bonds is 20. The van der Waals surface area contributed by atoms with Gasteiger partial charge in [-0.2, -0.15) is 8.78 Å². The molecule has 300 valence electrons. The molecule has 7 N–H and O–H groups in total. The highest BCUT2D eigenvalue weighted by Gasteiger charge is 2.33. The van der Waals surface area contributed by atoms with E-state index < -0.39 is 93.9 Å². The molecule has 0 aliphatic carbocycles. The zero-order chi connectivity index (χ0) is 41.0. The molecule has 0 aliphatic rings. The number of primary amides is 1. The molecule has 0 radical (unpaired) electrons. The van der Waals surface area contributed by atoms with Crippen molar-refractivity contribution in [2.45, 2.75) is 105 Å². The van der Waals surface area contributed by atoms with Crippen LogP contribution in [-0.4, -0.2) is 53.5 Å². The zero-order valence-corrected chi connectivity index (χ0v) is 31.3. The molecule has 0 aliphatic heterocycles. The van der Waals surface area contributed by atoms with E-state index in [-0.39, 0.29) is 38.3 Å². The fourth-order valence-corrected chi connectivity index (χ4v) is 5.96. The second kappa shape index (κ2) is 20.0. The molecule has 0 aromatic heterocycles. The van der Waals surface area contributed by atoms with Crippen molar-refractivity contribution >= 4 is 35.4 Å². The lowest BCUT2D eigenvalue weighted by molar-refractivity contribution is -0.135. The number of carbonyl (C=O) groups excluding carboxylic acids is 5. The van der Waals surface area contributed by atoms with Crippen molar-refractivity contribution < 1.29 is 55.8 Å². The largest absolute Gasteiger partial charge is 0.420 e. The molecule has 5 amide bonds. The Labute approximate surface area is 311 Å². The van der Waals surface area contributed by atoms with E-state index in [0.717, 1.165) is 0 Å². The first kappa shape index (κ1) is 45.4. The van der Waals surface area contributed by atoms with Crippen LogP contribution in [0.15, 0.2) is 24.3 Å². The monoisotopic (exact) mass is 771 g/mol. The molecule has 0 bridgehead atoms. The van der Waals surface area contributed by atoms with Crippen LogP contribution in [0, 0.1) is 45.8 Å². The van der Waals surface area contributed by atoms with Gasteiger partial charge in [0.25, 0.3) is 0 Å². The Morgan fingerprint density at radius 2 is 1.33 bits per heavy atom. The molecule has 17 heteroatoms. The van der Waals surface area contributed by atoms with Gasteiger partial charge in [-0.1, -0.05) is 53.7 Å². The second-order valence-corrected chi connectivity index (χ2v) is 15.0. The third kappa shape index (κ3) is 14.2. The molecule has 2 rings (SSSR count). The fraction of sp³-hybridized carbons (Fsp3) is 0.541. The van der Waals surface area contributed by atoms with E-state index in [4.69, 9.17) is 5.73 Å². The molecule has 0 saturated carbocycles. The Morgan fingerprint density at radius 1 is 0.796 bits per heavy atom. The van der Waals surface area contributed by atoms with Crippen LogP contribution in [0.5, 0.6) is 5.75 Å². The van der Waals surface area contributed by atoms with E-state index in [2.05, 4.69) is 26.0 Å². The molecular weight excluding hydrogens is 721 g/mol. The van der Waals surface area contributed by atoms with Crippen molar-refractivity contribution in [3.05, 3.63) is 58.9 Å². The Bertz CT molecular complexity index is 1630. The highest BCUT2D eigenvalue weighted by Crippen LogP contribution is 2.40. The lowest BCUT2D eigenvalue weighted by atomic mass is 9.71. The number of amides is 5. The summed E-state index contributed by atoms with van der Waals surface area (Å²) in [5.74, 6) is -16.2. The molecule has 0 fully saturated rings. The summed E-state index contributed by atoms with van der Waals surface area (Å²) in [6.45, 7) is 10.8. The highest BCUT2D eigenvalue weighted by atomic mass is 19.2. The molecular formula is C37H50F5N5O7. The number of carbonyl (C=O) groups is 5. The predicted molar refractivity (Wildman–Crippen MR) is 189 cm³/mol. The van der Waals surface area contributed by atoms with Crippen LogP contribution in [0.3, 0.4) is 0 Å². The maximum absolute atomic E-state index is 13.9. The standard InChI is InChI=1S/C37H50F5N5O7/c1-20(2)31(34(52)46-23(8-7-17-44-35(43)53)33(51)45-22-11-9-21(18-48)10-12-22)47-24(49)13-15-36(3,4)19-37(5,6)16-14-25(50)54-32-29(41)27(39)26(38)28(40)30(32)42/h9-12,20,23,31,48H,7-8,13-19H2,1-6H3,(H,45,51)(H,46,52)(H,47,49)(H3,43,44,53)/t23-,31?/m0/s1. The maximum Gasteiger partial charge on any atom is 0.312 e. The lowest BCUT2D eigenvalue weighted by Crippen LogP contribution is -2.54. The van der Waals surface area contributed by atoms with Crippen molar-refractivity contribution in [3.8, 4) is 5.75 Å². The van der Waals surface area contributed by atoms with E-state index in [9.17, 15) is 51.0 Å². The number of nitrogens with one attached hydrogen (secondary N) is 4. The summed E-state index contributed by atoms with van der Waals surface area (Å²) in [6, 6.07) is 3.65. The summed E-state index contributed by atoms with van der Waals surface area (Å²) in [5.41, 5.74) is 5.08. The number of esters is 1. The SMILES string of the molecule is CC(C)C(NC(=O)CCC(C)(C)CC(C)(C)CCC(=O)Oc1c(F)c(F)c(F)c(F)c1F)C(=O)N[C@@H](CCCNC(N)=O)C(=O)Nc1ccc(CO)cc1. The van der Waals surface area contributed by atoms with E-state index in [0.29, 0.717) is 30.5 Å². The average molecular weight is 772 g/mol. The Hall–Kier alpha value is -4.80. The quantitative estimate of drug-likeness (QED) is 0.0256. The summed E-state index contributed by atoms with van der Waals surface area (Å²) < 4.78 is 72.7. The van der Waals surface area contributed by atoms with Gasteiger partial charge in [-0.3, -0.25) is 19.2 Å². The topological polar surface area (TPSA) is 189 Å². The minimum absolute atomic E-state index is 0.00834. The Kier molecular flexibility index (Phi) is 16.8. The number of anilines is 1. The molecule has 54 heavy (non-hydrogen) atoms. The smallest absolute Gasteiger partial charge is 0.312 e. The number of benzene rings is 2. The van der Waals surface area contributed by atoms with Gasteiger partial charge in [0.15, 0.2) is 0 Å². The van der Waals surface area contributed by atoms with Gasteiger partial charge in [0.05, 0.1) is 6.61 Å². The summed E-state index contributed by atoms with van der Waals surface area (Å²) in [4.78, 5) is 63.3. The van der Waals surface area contributed by atoms with E-state index in [1.165, 1.54) is 0 Å². The number of ether oxygens (including phenoxy) is 1. The van der Waals surface area contributed by atoms with Crippen molar-refractivity contribution in [2.75, 3.05) is 11.9 Å². The molecule has 2 aromatic carbocycles. The van der Waals surface area contributed by atoms with Crippen LogP contribution in [-0.2, 0) is 25.8 Å². The number of halogens is 5. The minimum Gasteiger partial charge on any atom is -0.420 e. The summed E-state index contributed by atoms with van der Waals surface area (Å²) >= 11 is 0. The summed E-state index contributed by atoms with van der Waals surface area (Å²) in [6.07, 6.45) is 0.941. The van der Waals surface area contributed by atoms with Crippen molar-refractivity contribution in [1.29, 1.82) is 0 Å². The molecule has 1 unspecified atom stereocenters. The van der Waals surface area contributed by atoms with E-state index in [1.807, 2.05) is 13.8 Å². The molecule has 12 nitrogen and oxygen atoms in total. The first-order chi connectivity index (χ1) is 25.1. The summed E-state index contributed by atoms with van der Waals surface area (Å²) in [5, 5.41) is 19.9. The van der Waals surface area contributed by atoms with Gasteiger partial charge < -0.3 is 36.8 Å². The molecule has 0 heterocycles. The van der Waals surface area contributed by atoms with Crippen LogP contribution in [0.1, 0.15) is 92.1 Å². The summed E-state index contributed by atoms with van der Waals surface area (Å²) in [7, 11) is 0. The number of urea groups is 1. The van der Waals surface area contributed by atoms with Crippen molar-refractivity contribution in [2.24, 2.45) is 22.5 Å². The number of aliphatic hydroxyl groups excluding tert-OH is 1. The zero-order valence-electron chi connectivity index (χ0n) is 31.3.